The number of likely N-dealkylation sites (N-methyl/N-ethyl adjacent to an activating group) is 1. The summed E-state index contributed by atoms with van der Waals surface area (Å²) in [5.41, 5.74) is 3.19. The number of fused-ring (bicyclic) bond motifs is 1. The molecule has 2 N–H and O–H groups in total. The van der Waals surface area contributed by atoms with E-state index in [9.17, 15) is 9.90 Å². The third-order valence-electron chi connectivity index (χ3n) is 5.81. The maximum Gasteiger partial charge on any atom is 0.230 e. The number of rotatable bonds is 3. The van der Waals surface area contributed by atoms with Crippen molar-refractivity contribution in [1.82, 2.24) is 14.8 Å². The first kappa shape index (κ1) is 17.3. The fourth-order valence-electron chi connectivity index (χ4n) is 4.39. The average molecular weight is 353 g/mol. The lowest BCUT2D eigenvalue weighted by Gasteiger charge is -2.38. The van der Waals surface area contributed by atoms with Gasteiger partial charge in [-0.1, -0.05) is 24.3 Å². The van der Waals surface area contributed by atoms with Crippen molar-refractivity contribution in [2.45, 2.75) is 25.3 Å². The van der Waals surface area contributed by atoms with Gasteiger partial charge in [0.15, 0.2) is 0 Å². The van der Waals surface area contributed by atoms with Crippen LogP contribution in [-0.2, 0) is 4.79 Å². The van der Waals surface area contributed by atoms with Gasteiger partial charge in [-0.15, -0.1) is 0 Å². The fourth-order valence-corrected chi connectivity index (χ4v) is 4.39. The number of carbonyl (C=O) groups excluding carboxylic acids is 1. The number of carbonyl (C=O) groups is 1. The Morgan fingerprint density at radius 3 is 2.81 bits per heavy atom. The summed E-state index contributed by atoms with van der Waals surface area (Å²) in [4.78, 5) is 20.5. The summed E-state index contributed by atoms with van der Waals surface area (Å²) in [6.07, 6.45) is 7.47. The van der Waals surface area contributed by atoms with Crippen LogP contribution in [0.15, 0.2) is 36.5 Å². The Bertz CT molecular complexity index is 820. The van der Waals surface area contributed by atoms with Crippen molar-refractivity contribution in [1.29, 1.82) is 0 Å². The van der Waals surface area contributed by atoms with E-state index in [-0.39, 0.29) is 24.5 Å². The van der Waals surface area contributed by atoms with Crippen molar-refractivity contribution in [2.75, 3.05) is 33.3 Å². The van der Waals surface area contributed by atoms with Crippen molar-refractivity contribution in [2.24, 2.45) is 5.92 Å². The third-order valence-corrected chi connectivity index (χ3v) is 5.81. The second kappa shape index (κ2) is 7.25. The number of piperidine rings is 1. The molecule has 1 fully saturated rings. The van der Waals surface area contributed by atoms with Gasteiger partial charge in [-0.05, 0) is 43.3 Å². The van der Waals surface area contributed by atoms with Gasteiger partial charge in [-0.3, -0.25) is 9.69 Å². The monoisotopic (exact) mass is 353 g/mol. The number of nitrogens with zero attached hydrogens (tertiary/aromatic N) is 2. The molecule has 1 amide bonds. The molecule has 0 spiro atoms. The second-order valence-electron chi connectivity index (χ2n) is 7.50. The number of hydrogen-bond donors (Lipinski definition) is 2. The summed E-state index contributed by atoms with van der Waals surface area (Å²) >= 11 is 0. The molecule has 5 heteroatoms. The number of hydrogen-bond acceptors (Lipinski definition) is 3. The maximum atomic E-state index is 13.1. The van der Waals surface area contributed by atoms with E-state index in [1.165, 1.54) is 6.42 Å². The minimum Gasteiger partial charge on any atom is -0.394 e. The van der Waals surface area contributed by atoms with Crippen LogP contribution >= 0.6 is 0 Å². The molecule has 3 heterocycles. The minimum absolute atomic E-state index is 0.0457. The average Bonchev–Trinajstić information content (AvgIpc) is 3.16. The molecular weight excluding hydrogens is 326 g/mol. The number of benzene rings is 1. The Labute approximate surface area is 154 Å². The van der Waals surface area contributed by atoms with E-state index in [4.69, 9.17) is 0 Å². The summed E-state index contributed by atoms with van der Waals surface area (Å²) in [6, 6.07) is 8.16. The normalized spacial score (nSPS) is 24.7. The number of amides is 1. The first-order valence-corrected chi connectivity index (χ1v) is 9.57. The minimum atomic E-state index is -0.152. The van der Waals surface area contributed by atoms with Crippen LogP contribution in [0.3, 0.4) is 0 Å². The molecule has 2 aliphatic rings. The van der Waals surface area contributed by atoms with Gasteiger partial charge in [-0.2, -0.15) is 0 Å². The van der Waals surface area contributed by atoms with Crippen LogP contribution in [-0.4, -0.2) is 65.1 Å². The van der Waals surface area contributed by atoms with Crippen LogP contribution in [0.2, 0.25) is 0 Å². The molecule has 26 heavy (non-hydrogen) atoms. The van der Waals surface area contributed by atoms with Crippen LogP contribution in [0.1, 0.15) is 24.8 Å². The molecule has 1 saturated heterocycles. The molecule has 138 valence electrons. The number of aliphatic hydroxyl groups excluding tert-OH is 1. The Kier molecular flexibility index (Phi) is 4.83. The fraction of sp³-hybridized carbons (Fsp3) is 0.476. The summed E-state index contributed by atoms with van der Waals surface area (Å²) in [5.74, 6) is 0.0743. The van der Waals surface area contributed by atoms with Crippen LogP contribution in [0.25, 0.3) is 16.5 Å². The van der Waals surface area contributed by atoms with E-state index in [0.29, 0.717) is 6.54 Å². The van der Waals surface area contributed by atoms with Crippen molar-refractivity contribution in [3.8, 4) is 0 Å². The van der Waals surface area contributed by atoms with Gasteiger partial charge >= 0.3 is 0 Å². The highest BCUT2D eigenvalue weighted by Crippen LogP contribution is 2.33. The van der Waals surface area contributed by atoms with E-state index < -0.39 is 0 Å². The van der Waals surface area contributed by atoms with Crippen molar-refractivity contribution >= 4 is 22.4 Å². The lowest BCUT2D eigenvalue weighted by Crippen LogP contribution is -2.48. The molecule has 0 radical (unpaired) electrons. The predicted molar refractivity (Wildman–Crippen MR) is 104 cm³/mol. The first-order chi connectivity index (χ1) is 12.7. The number of aromatic amines is 1. The molecule has 2 unspecified atom stereocenters. The van der Waals surface area contributed by atoms with E-state index in [1.54, 1.807) is 0 Å². The SMILES string of the molecule is CN1CC(C(=O)N2CCCCC2)C=C(c2cccc3cc[nH]c23)C1CO. The van der Waals surface area contributed by atoms with E-state index >= 15 is 0 Å². The number of aliphatic hydroxyl groups is 1. The second-order valence-corrected chi connectivity index (χ2v) is 7.50. The molecule has 0 bridgehead atoms. The zero-order chi connectivity index (χ0) is 18.1. The molecule has 5 nitrogen and oxygen atoms in total. The van der Waals surface area contributed by atoms with Crippen molar-refractivity contribution in [3.05, 3.63) is 42.1 Å². The molecule has 2 atom stereocenters. The Morgan fingerprint density at radius 1 is 1.23 bits per heavy atom. The highest BCUT2D eigenvalue weighted by Gasteiger charge is 2.34. The smallest absolute Gasteiger partial charge is 0.230 e. The number of nitrogens with one attached hydrogen (secondary N) is 1. The van der Waals surface area contributed by atoms with Gasteiger partial charge in [0.05, 0.1) is 24.1 Å². The Hall–Kier alpha value is -2.11. The first-order valence-electron chi connectivity index (χ1n) is 9.57. The number of aromatic nitrogens is 1. The van der Waals surface area contributed by atoms with Crippen LogP contribution in [0, 0.1) is 5.92 Å². The van der Waals surface area contributed by atoms with Gasteiger partial charge in [0.2, 0.25) is 5.91 Å². The van der Waals surface area contributed by atoms with Gasteiger partial charge in [0, 0.05) is 31.4 Å². The molecule has 0 aliphatic carbocycles. The Morgan fingerprint density at radius 2 is 2.04 bits per heavy atom. The lowest BCUT2D eigenvalue weighted by molar-refractivity contribution is -0.135. The largest absolute Gasteiger partial charge is 0.394 e. The van der Waals surface area contributed by atoms with E-state index in [1.807, 2.05) is 24.2 Å². The number of likely N-dealkylation sites (tertiary alicyclic amines) is 1. The highest BCUT2D eigenvalue weighted by molar-refractivity contribution is 5.94. The van der Waals surface area contributed by atoms with Gasteiger partial charge in [-0.25, -0.2) is 0 Å². The summed E-state index contributed by atoms with van der Waals surface area (Å²) in [5, 5.41) is 11.1. The molecule has 2 aliphatic heterocycles. The van der Waals surface area contributed by atoms with Gasteiger partial charge < -0.3 is 15.0 Å². The van der Waals surface area contributed by atoms with Crippen molar-refractivity contribution < 1.29 is 9.90 Å². The highest BCUT2D eigenvalue weighted by atomic mass is 16.3. The zero-order valence-electron chi connectivity index (χ0n) is 15.3. The van der Waals surface area contributed by atoms with Crippen LogP contribution in [0.4, 0.5) is 0 Å². The molecular formula is C21H27N3O2. The molecule has 0 saturated carbocycles. The maximum absolute atomic E-state index is 13.1. The third kappa shape index (κ3) is 3.06. The zero-order valence-corrected chi connectivity index (χ0v) is 15.3. The lowest BCUT2D eigenvalue weighted by atomic mass is 9.87. The number of para-hydroxylation sites is 1. The van der Waals surface area contributed by atoms with Gasteiger partial charge in [0.1, 0.15) is 0 Å². The van der Waals surface area contributed by atoms with Crippen LogP contribution in [0.5, 0.6) is 0 Å². The molecule has 1 aromatic heterocycles. The predicted octanol–water partition coefficient (Wildman–Crippen LogP) is 2.49. The number of H-pyrrole nitrogens is 1. The topological polar surface area (TPSA) is 59.6 Å². The Balaban J connectivity index is 1.72. The molecule has 2 aromatic rings. The van der Waals surface area contributed by atoms with Gasteiger partial charge in [0.25, 0.3) is 0 Å². The molecule has 1 aromatic carbocycles. The van der Waals surface area contributed by atoms with E-state index in [0.717, 1.165) is 48.0 Å². The summed E-state index contributed by atoms with van der Waals surface area (Å²) in [6.45, 7) is 2.45. The molecule has 4 rings (SSSR count). The van der Waals surface area contributed by atoms with Crippen LogP contribution < -0.4 is 0 Å². The summed E-state index contributed by atoms with van der Waals surface area (Å²) in [7, 11) is 2.00. The summed E-state index contributed by atoms with van der Waals surface area (Å²) < 4.78 is 0. The standard InChI is InChI=1S/C21H27N3O2/c1-23-13-16(21(26)24-10-3-2-4-11-24)12-18(19(23)14-25)17-7-5-6-15-8-9-22-20(15)17/h5-9,12,16,19,22,25H,2-4,10-11,13-14H2,1H3. The van der Waals surface area contributed by atoms with E-state index in [2.05, 4.69) is 34.2 Å². The quantitative estimate of drug-likeness (QED) is 0.891. The van der Waals surface area contributed by atoms with Crippen molar-refractivity contribution in [3.63, 3.8) is 0 Å².